The molecular weight excluding hydrogens is 256 g/mol. The Bertz CT molecular complexity index is 475. The zero-order chi connectivity index (χ0) is 15.3. The van der Waals surface area contributed by atoms with Gasteiger partial charge in [-0.15, -0.1) is 0 Å². The fourth-order valence-electron chi connectivity index (χ4n) is 1.90. The number of rotatable bonds is 3. The van der Waals surface area contributed by atoms with Crippen LogP contribution in [0, 0.1) is 0 Å². The molecule has 0 unspecified atom stereocenters. The maximum Gasteiger partial charge on any atom is 0.313 e. The predicted octanol–water partition coefficient (Wildman–Crippen LogP) is 2.28. The van der Waals surface area contributed by atoms with Crippen LogP contribution in [0.2, 0.25) is 0 Å². The first kappa shape index (κ1) is 16.0. The first-order chi connectivity index (χ1) is 9.29. The molecule has 0 fully saturated rings. The van der Waals surface area contributed by atoms with Crippen LogP contribution in [0.15, 0.2) is 24.3 Å². The van der Waals surface area contributed by atoms with Gasteiger partial charge >= 0.3 is 11.8 Å². The van der Waals surface area contributed by atoms with E-state index in [9.17, 15) is 9.59 Å². The molecule has 1 aromatic carbocycles. The molecule has 0 aliphatic rings. The molecule has 0 bridgehead atoms. The highest BCUT2D eigenvalue weighted by atomic mass is 16.5. The van der Waals surface area contributed by atoms with E-state index in [2.05, 4.69) is 5.32 Å². The summed E-state index contributed by atoms with van der Waals surface area (Å²) in [5, 5.41) is 2.59. The SMILES string of the molecule is CCN(C(=O)C(=O)Nc1ccc(OC)cc1)C(C)(C)C. The number of methoxy groups -OCH3 is 1. The molecule has 0 heterocycles. The van der Waals surface area contributed by atoms with Gasteiger partial charge in [0.05, 0.1) is 7.11 Å². The number of carbonyl (C=O) groups is 2. The lowest BCUT2D eigenvalue weighted by Crippen LogP contribution is -2.49. The molecule has 5 nitrogen and oxygen atoms in total. The molecule has 0 saturated heterocycles. The molecule has 1 N–H and O–H groups in total. The first-order valence-corrected chi connectivity index (χ1v) is 6.56. The van der Waals surface area contributed by atoms with Crippen molar-refractivity contribution < 1.29 is 14.3 Å². The van der Waals surface area contributed by atoms with Crippen LogP contribution in [0.1, 0.15) is 27.7 Å². The Labute approximate surface area is 119 Å². The van der Waals surface area contributed by atoms with Crippen molar-refractivity contribution in [1.29, 1.82) is 0 Å². The summed E-state index contributed by atoms with van der Waals surface area (Å²) in [7, 11) is 1.57. The summed E-state index contributed by atoms with van der Waals surface area (Å²) >= 11 is 0. The van der Waals surface area contributed by atoms with Crippen molar-refractivity contribution in [2.24, 2.45) is 0 Å². The minimum absolute atomic E-state index is 0.386. The lowest BCUT2D eigenvalue weighted by atomic mass is 10.1. The minimum atomic E-state index is -0.632. The molecule has 5 heteroatoms. The first-order valence-electron chi connectivity index (χ1n) is 6.56. The second-order valence-electron chi connectivity index (χ2n) is 5.40. The van der Waals surface area contributed by atoms with Crippen LogP contribution < -0.4 is 10.1 Å². The Hall–Kier alpha value is -2.04. The summed E-state index contributed by atoms with van der Waals surface area (Å²) in [4.78, 5) is 25.7. The predicted molar refractivity (Wildman–Crippen MR) is 78.8 cm³/mol. The average molecular weight is 278 g/mol. The van der Waals surface area contributed by atoms with Crippen molar-refractivity contribution in [2.45, 2.75) is 33.2 Å². The molecule has 0 atom stereocenters. The van der Waals surface area contributed by atoms with Crippen LogP contribution in [0.3, 0.4) is 0 Å². The number of hydrogen-bond donors (Lipinski definition) is 1. The molecule has 0 saturated carbocycles. The van der Waals surface area contributed by atoms with E-state index in [1.807, 2.05) is 27.7 Å². The highest BCUT2D eigenvalue weighted by molar-refractivity contribution is 6.39. The van der Waals surface area contributed by atoms with Crippen molar-refractivity contribution in [2.75, 3.05) is 19.0 Å². The van der Waals surface area contributed by atoms with Gasteiger partial charge in [-0.25, -0.2) is 0 Å². The second-order valence-corrected chi connectivity index (χ2v) is 5.40. The lowest BCUT2D eigenvalue weighted by Gasteiger charge is -2.34. The molecule has 1 rings (SSSR count). The largest absolute Gasteiger partial charge is 0.497 e. The quantitative estimate of drug-likeness (QED) is 0.863. The monoisotopic (exact) mass is 278 g/mol. The summed E-state index contributed by atoms with van der Waals surface area (Å²) in [6, 6.07) is 6.83. The second kappa shape index (κ2) is 6.41. The maximum absolute atomic E-state index is 12.1. The molecule has 0 aromatic heterocycles. The van der Waals surface area contributed by atoms with Gasteiger partial charge in [-0.3, -0.25) is 9.59 Å². The standard InChI is InChI=1S/C15H22N2O3/c1-6-17(15(2,3)4)14(19)13(18)16-11-7-9-12(20-5)10-8-11/h7-10H,6H2,1-5H3,(H,16,18). The number of carbonyl (C=O) groups excluding carboxylic acids is 2. The van der Waals surface area contributed by atoms with Gasteiger partial charge in [-0.1, -0.05) is 0 Å². The van der Waals surface area contributed by atoms with E-state index in [0.717, 1.165) is 0 Å². The molecule has 0 aliphatic carbocycles. The van der Waals surface area contributed by atoms with Crippen LogP contribution in [0.5, 0.6) is 5.75 Å². The van der Waals surface area contributed by atoms with E-state index < -0.39 is 11.8 Å². The fourth-order valence-corrected chi connectivity index (χ4v) is 1.90. The third-order valence-electron chi connectivity index (χ3n) is 2.91. The highest BCUT2D eigenvalue weighted by Gasteiger charge is 2.29. The van der Waals surface area contributed by atoms with Crippen LogP contribution >= 0.6 is 0 Å². The Kier molecular flexibility index (Phi) is 5.13. The number of likely N-dealkylation sites (N-methyl/N-ethyl adjacent to an activating group) is 1. The van der Waals surface area contributed by atoms with Gasteiger partial charge < -0.3 is 15.0 Å². The number of nitrogens with one attached hydrogen (secondary N) is 1. The van der Waals surface area contributed by atoms with Crippen molar-refractivity contribution in [1.82, 2.24) is 4.90 Å². The molecule has 110 valence electrons. The number of ether oxygens (including phenoxy) is 1. The van der Waals surface area contributed by atoms with Gasteiger partial charge in [0.15, 0.2) is 0 Å². The molecule has 0 aliphatic heterocycles. The van der Waals surface area contributed by atoms with Crippen molar-refractivity contribution >= 4 is 17.5 Å². The van der Waals surface area contributed by atoms with Gasteiger partial charge in [-0.2, -0.15) is 0 Å². The summed E-state index contributed by atoms with van der Waals surface area (Å²) in [5.41, 5.74) is 0.178. The van der Waals surface area contributed by atoms with Gasteiger partial charge in [0.25, 0.3) is 0 Å². The van der Waals surface area contributed by atoms with Crippen LogP contribution in [-0.2, 0) is 9.59 Å². The number of nitrogens with zero attached hydrogens (tertiary/aromatic N) is 1. The summed E-state index contributed by atoms with van der Waals surface area (Å²) < 4.78 is 5.03. The Morgan fingerprint density at radius 3 is 2.15 bits per heavy atom. The highest BCUT2D eigenvalue weighted by Crippen LogP contribution is 2.16. The Morgan fingerprint density at radius 2 is 1.75 bits per heavy atom. The van der Waals surface area contributed by atoms with Crippen molar-refractivity contribution in [3.63, 3.8) is 0 Å². The average Bonchev–Trinajstić information content (AvgIpc) is 2.38. The van der Waals surface area contributed by atoms with Crippen LogP contribution in [0.25, 0.3) is 0 Å². The minimum Gasteiger partial charge on any atom is -0.497 e. The van der Waals surface area contributed by atoms with Crippen molar-refractivity contribution in [3.8, 4) is 5.75 Å². The number of benzene rings is 1. The van der Waals surface area contributed by atoms with Gasteiger partial charge in [-0.05, 0) is 52.0 Å². The van der Waals surface area contributed by atoms with Crippen molar-refractivity contribution in [3.05, 3.63) is 24.3 Å². The van der Waals surface area contributed by atoms with E-state index in [1.165, 1.54) is 4.90 Å². The number of amides is 2. The van der Waals surface area contributed by atoms with E-state index in [-0.39, 0.29) is 5.54 Å². The van der Waals surface area contributed by atoms with E-state index in [0.29, 0.717) is 18.0 Å². The lowest BCUT2D eigenvalue weighted by molar-refractivity contribution is -0.146. The van der Waals surface area contributed by atoms with Gasteiger partial charge in [0.2, 0.25) is 0 Å². The topological polar surface area (TPSA) is 58.6 Å². The fraction of sp³-hybridized carbons (Fsp3) is 0.467. The van der Waals surface area contributed by atoms with E-state index >= 15 is 0 Å². The third kappa shape index (κ3) is 3.98. The van der Waals surface area contributed by atoms with Crippen LogP contribution in [-0.4, -0.2) is 35.9 Å². The normalized spacial score (nSPS) is 10.8. The summed E-state index contributed by atoms with van der Waals surface area (Å²) in [6.07, 6.45) is 0. The molecule has 0 spiro atoms. The maximum atomic E-state index is 12.1. The molecule has 20 heavy (non-hydrogen) atoms. The Morgan fingerprint density at radius 1 is 1.20 bits per heavy atom. The summed E-state index contributed by atoms with van der Waals surface area (Å²) in [6.45, 7) is 8.03. The molecular formula is C15H22N2O3. The van der Waals surface area contributed by atoms with Gasteiger partial charge in [0.1, 0.15) is 5.75 Å². The molecule has 0 radical (unpaired) electrons. The zero-order valence-electron chi connectivity index (χ0n) is 12.7. The Balaban J connectivity index is 2.76. The smallest absolute Gasteiger partial charge is 0.313 e. The third-order valence-corrected chi connectivity index (χ3v) is 2.91. The zero-order valence-corrected chi connectivity index (χ0v) is 12.7. The number of hydrogen-bond acceptors (Lipinski definition) is 3. The van der Waals surface area contributed by atoms with E-state index in [4.69, 9.17) is 4.74 Å². The number of anilines is 1. The van der Waals surface area contributed by atoms with E-state index in [1.54, 1.807) is 31.4 Å². The van der Waals surface area contributed by atoms with Gasteiger partial charge in [0, 0.05) is 17.8 Å². The summed E-state index contributed by atoms with van der Waals surface area (Å²) in [5.74, 6) is -0.470. The van der Waals surface area contributed by atoms with Crippen LogP contribution in [0.4, 0.5) is 5.69 Å². The molecule has 1 aromatic rings. The molecule has 2 amide bonds.